The van der Waals surface area contributed by atoms with Crippen molar-refractivity contribution in [2.45, 2.75) is 76.8 Å². The summed E-state index contributed by atoms with van der Waals surface area (Å²) in [6.45, 7) is 6.01. The van der Waals surface area contributed by atoms with Crippen molar-refractivity contribution >= 4 is 0 Å². The molecule has 2 aliphatic rings. The second kappa shape index (κ2) is 7.55. The molecule has 0 radical (unpaired) electrons. The van der Waals surface area contributed by atoms with E-state index in [-0.39, 0.29) is 6.10 Å². The molecule has 0 aromatic rings. The van der Waals surface area contributed by atoms with Crippen LogP contribution < -0.4 is 0 Å². The third-order valence-electron chi connectivity index (χ3n) is 5.14. The maximum atomic E-state index is 10.2. The molecule has 1 heterocycles. The minimum absolute atomic E-state index is 0.0699. The average molecular weight is 318 g/mol. The Balaban J connectivity index is 2.06. The highest BCUT2D eigenvalue weighted by atomic mass is 16.7. The van der Waals surface area contributed by atoms with Crippen LogP contribution in [-0.2, 0) is 9.47 Å². The lowest BCUT2D eigenvalue weighted by atomic mass is 9.75. The molecule has 1 saturated heterocycles. The molecule has 6 nitrogen and oxygen atoms in total. The molecule has 2 fully saturated rings. The topological polar surface area (TPSA) is 99.4 Å². The number of ether oxygens (including phenoxy) is 2. The molecule has 1 aliphatic carbocycles. The van der Waals surface area contributed by atoms with E-state index in [2.05, 4.69) is 20.8 Å². The van der Waals surface area contributed by atoms with Gasteiger partial charge in [-0.15, -0.1) is 0 Å². The molecule has 4 N–H and O–H groups in total. The predicted octanol–water partition coefficient (Wildman–Crippen LogP) is 0.264. The van der Waals surface area contributed by atoms with E-state index in [4.69, 9.17) is 14.6 Å². The van der Waals surface area contributed by atoms with Gasteiger partial charge in [-0.2, -0.15) is 0 Å². The molecule has 0 bridgehead atoms. The fourth-order valence-corrected chi connectivity index (χ4v) is 3.69. The highest BCUT2D eigenvalue weighted by molar-refractivity contribution is 4.91. The van der Waals surface area contributed by atoms with Crippen LogP contribution in [0.4, 0.5) is 0 Å². The van der Waals surface area contributed by atoms with Crippen LogP contribution in [0, 0.1) is 17.8 Å². The van der Waals surface area contributed by atoms with Crippen molar-refractivity contribution in [2.75, 3.05) is 6.61 Å². The highest BCUT2D eigenvalue weighted by Gasteiger charge is 2.46. The lowest BCUT2D eigenvalue weighted by Gasteiger charge is -2.44. The minimum atomic E-state index is -1.35. The van der Waals surface area contributed by atoms with Gasteiger partial charge in [0.05, 0.1) is 12.7 Å². The van der Waals surface area contributed by atoms with E-state index >= 15 is 0 Å². The Labute approximate surface area is 132 Å². The molecule has 6 heteroatoms. The van der Waals surface area contributed by atoms with Gasteiger partial charge in [0.15, 0.2) is 6.29 Å². The van der Waals surface area contributed by atoms with E-state index in [9.17, 15) is 15.3 Å². The van der Waals surface area contributed by atoms with Crippen LogP contribution >= 0.6 is 0 Å². The normalized spacial score (nSPS) is 46.9. The van der Waals surface area contributed by atoms with Crippen LogP contribution in [-0.4, -0.2) is 63.8 Å². The Morgan fingerprint density at radius 2 is 1.82 bits per heavy atom. The highest BCUT2D eigenvalue weighted by Crippen LogP contribution is 2.37. The monoisotopic (exact) mass is 318 g/mol. The van der Waals surface area contributed by atoms with Crippen LogP contribution in [0.5, 0.6) is 0 Å². The maximum absolute atomic E-state index is 10.2. The summed E-state index contributed by atoms with van der Waals surface area (Å²) in [4.78, 5) is 0. The van der Waals surface area contributed by atoms with E-state index in [1.165, 1.54) is 0 Å². The van der Waals surface area contributed by atoms with E-state index in [0.29, 0.717) is 17.8 Å². The van der Waals surface area contributed by atoms with Crippen LogP contribution in [0.15, 0.2) is 0 Å². The van der Waals surface area contributed by atoms with Crippen molar-refractivity contribution in [3.8, 4) is 0 Å². The summed E-state index contributed by atoms with van der Waals surface area (Å²) in [5.41, 5.74) is 0. The molecule has 130 valence electrons. The Bertz CT molecular complexity index is 350. The van der Waals surface area contributed by atoms with Gasteiger partial charge in [0.2, 0.25) is 0 Å². The molecule has 0 amide bonds. The SMILES string of the molecule is CC1CCC(C(C)C)C(O[C@@H]2[C@@H](O)[C@H](O)[C@@H](CO)O[C@@H]2O)C1. The average Bonchev–Trinajstić information content (AvgIpc) is 2.47. The van der Waals surface area contributed by atoms with Crippen LogP contribution in [0.1, 0.15) is 40.0 Å². The predicted molar refractivity (Wildman–Crippen MR) is 80.0 cm³/mol. The first-order chi connectivity index (χ1) is 10.3. The fraction of sp³-hybridized carbons (Fsp3) is 1.00. The zero-order valence-electron chi connectivity index (χ0n) is 13.6. The quantitative estimate of drug-likeness (QED) is 0.593. The van der Waals surface area contributed by atoms with Crippen molar-refractivity contribution in [2.24, 2.45) is 17.8 Å². The van der Waals surface area contributed by atoms with Gasteiger partial charge >= 0.3 is 0 Å². The molecular weight excluding hydrogens is 288 g/mol. The maximum Gasteiger partial charge on any atom is 0.184 e. The van der Waals surface area contributed by atoms with Gasteiger partial charge in [0, 0.05) is 0 Å². The first-order valence-corrected chi connectivity index (χ1v) is 8.31. The summed E-state index contributed by atoms with van der Waals surface area (Å²) in [6.07, 6.45) is -2.85. The van der Waals surface area contributed by atoms with Crippen molar-refractivity contribution in [3.05, 3.63) is 0 Å². The van der Waals surface area contributed by atoms with E-state index in [1.54, 1.807) is 0 Å². The summed E-state index contributed by atoms with van der Waals surface area (Å²) in [5.74, 6) is 1.35. The van der Waals surface area contributed by atoms with Crippen molar-refractivity contribution in [1.82, 2.24) is 0 Å². The number of hydrogen-bond acceptors (Lipinski definition) is 6. The molecule has 0 spiro atoms. The Hall–Kier alpha value is -0.240. The van der Waals surface area contributed by atoms with Crippen LogP contribution in [0.25, 0.3) is 0 Å². The standard InChI is InChI=1S/C16H30O6/c1-8(2)10-5-4-9(3)6-11(10)21-15-14(19)13(18)12(7-17)22-16(15)20/h8-20H,4-7H2,1-3H3/t9?,10?,11?,12-,13-,14+,15-,16+/m1/s1. The van der Waals surface area contributed by atoms with Crippen LogP contribution in [0.3, 0.4) is 0 Å². The van der Waals surface area contributed by atoms with Gasteiger partial charge in [-0.1, -0.05) is 27.2 Å². The molecule has 8 atom stereocenters. The number of rotatable bonds is 4. The van der Waals surface area contributed by atoms with E-state index < -0.39 is 37.3 Å². The molecule has 22 heavy (non-hydrogen) atoms. The van der Waals surface area contributed by atoms with Gasteiger partial charge in [0.1, 0.15) is 24.4 Å². The summed E-state index contributed by atoms with van der Waals surface area (Å²) in [6, 6.07) is 0. The molecule has 0 aromatic carbocycles. The number of aliphatic hydroxyl groups is 4. The number of hydrogen-bond donors (Lipinski definition) is 4. The zero-order valence-corrected chi connectivity index (χ0v) is 13.6. The third-order valence-corrected chi connectivity index (χ3v) is 5.14. The lowest BCUT2D eigenvalue weighted by molar-refractivity contribution is -0.308. The van der Waals surface area contributed by atoms with Crippen LogP contribution in [0.2, 0.25) is 0 Å². The van der Waals surface area contributed by atoms with Gasteiger partial charge < -0.3 is 29.9 Å². The third kappa shape index (κ3) is 3.80. The second-order valence-electron chi connectivity index (χ2n) is 7.19. The fourth-order valence-electron chi connectivity index (χ4n) is 3.69. The van der Waals surface area contributed by atoms with Gasteiger partial charge in [0.25, 0.3) is 0 Å². The molecular formula is C16H30O6. The summed E-state index contributed by atoms with van der Waals surface area (Å²) < 4.78 is 11.2. The summed E-state index contributed by atoms with van der Waals surface area (Å²) >= 11 is 0. The van der Waals surface area contributed by atoms with Crippen molar-refractivity contribution in [3.63, 3.8) is 0 Å². The summed E-state index contributed by atoms with van der Waals surface area (Å²) in [5, 5.41) is 39.3. The lowest BCUT2D eigenvalue weighted by Crippen LogP contribution is -2.60. The first kappa shape index (κ1) is 18.1. The molecule has 2 rings (SSSR count). The minimum Gasteiger partial charge on any atom is -0.394 e. The smallest absolute Gasteiger partial charge is 0.184 e. The summed E-state index contributed by atoms with van der Waals surface area (Å²) in [7, 11) is 0. The Kier molecular flexibility index (Phi) is 6.22. The zero-order chi connectivity index (χ0) is 16.4. The van der Waals surface area contributed by atoms with Crippen molar-refractivity contribution < 1.29 is 29.9 Å². The Morgan fingerprint density at radius 3 is 2.41 bits per heavy atom. The first-order valence-electron chi connectivity index (χ1n) is 8.31. The largest absolute Gasteiger partial charge is 0.394 e. The van der Waals surface area contributed by atoms with Gasteiger partial charge in [-0.3, -0.25) is 0 Å². The van der Waals surface area contributed by atoms with E-state index in [1.807, 2.05) is 0 Å². The van der Waals surface area contributed by atoms with E-state index in [0.717, 1.165) is 19.3 Å². The van der Waals surface area contributed by atoms with Crippen molar-refractivity contribution in [1.29, 1.82) is 0 Å². The molecule has 0 aromatic heterocycles. The molecule has 3 unspecified atom stereocenters. The number of aliphatic hydroxyl groups excluding tert-OH is 4. The van der Waals surface area contributed by atoms with Gasteiger partial charge in [-0.25, -0.2) is 0 Å². The Morgan fingerprint density at radius 1 is 1.14 bits per heavy atom. The molecule has 1 aliphatic heterocycles. The second-order valence-corrected chi connectivity index (χ2v) is 7.19. The molecule has 1 saturated carbocycles. The van der Waals surface area contributed by atoms with Gasteiger partial charge in [-0.05, 0) is 30.6 Å².